The number of aromatic nitrogens is 1. The van der Waals surface area contributed by atoms with Gasteiger partial charge in [0.1, 0.15) is 11.5 Å². The van der Waals surface area contributed by atoms with Crippen molar-refractivity contribution in [1.82, 2.24) is 4.57 Å². The van der Waals surface area contributed by atoms with Crippen LogP contribution in [0.15, 0.2) is 42.5 Å². The van der Waals surface area contributed by atoms with Gasteiger partial charge in [-0.1, -0.05) is 40.5 Å². The molecule has 1 aliphatic rings. The standard InChI is InChI=1S/C22H24BrNO2/c1-25-16-9-10-19-21(15-16)26-14-11-18-17-7-3-4-8-20(17)24(22(18)19)13-6-2-5-12-23/h3-4,7-10,15H,2,5-6,11-14H2,1H3. The van der Waals surface area contributed by atoms with Gasteiger partial charge in [0, 0.05) is 40.8 Å². The molecule has 0 saturated heterocycles. The molecular formula is C22H24BrNO2. The Bertz CT molecular complexity index is 916. The smallest absolute Gasteiger partial charge is 0.132 e. The normalized spacial score (nSPS) is 13.0. The van der Waals surface area contributed by atoms with Gasteiger partial charge in [0.05, 0.1) is 19.4 Å². The van der Waals surface area contributed by atoms with E-state index in [-0.39, 0.29) is 0 Å². The fraction of sp³-hybridized carbons (Fsp3) is 0.364. The molecule has 0 N–H and O–H groups in total. The Hall–Kier alpha value is -1.94. The molecular weight excluding hydrogens is 390 g/mol. The zero-order chi connectivity index (χ0) is 17.9. The van der Waals surface area contributed by atoms with E-state index < -0.39 is 0 Å². The summed E-state index contributed by atoms with van der Waals surface area (Å²) in [6.07, 6.45) is 4.57. The lowest BCUT2D eigenvalue weighted by Gasteiger charge is -2.14. The van der Waals surface area contributed by atoms with Gasteiger partial charge in [-0.15, -0.1) is 0 Å². The predicted molar refractivity (Wildman–Crippen MR) is 111 cm³/mol. The third kappa shape index (κ3) is 3.11. The largest absolute Gasteiger partial charge is 0.497 e. The number of ether oxygens (including phenoxy) is 2. The highest BCUT2D eigenvalue weighted by Gasteiger charge is 2.23. The van der Waals surface area contributed by atoms with Gasteiger partial charge in [-0.3, -0.25) is 0 Å². The van der Waals surface area contributed by atoms with Crippen molar-refractivity contribution < 1.29 is 9.47 Å². The molecule has 0 atom stereocenters. The molecule has 3 aromatic rings. The molecule has 0 fully saturated rings. The van der Waals surface area contributed by atoms with E-state index in [9.17, 15) is 0 Å². The summed E-state index contributed by atoms with van der Waals surface area (Å²) in [6.45, 7) is 1.74. The summed E-state index contributed by atoms with van der Waals surface area (Å²) in [5, 5.41) is 2.43. The van der Waals surface area contributed by atoms with Gasteiger partial charge < -0.3 is 14.0 Å². The topological polar surface area (TPSA) is 23.4 Å². The monoisotopic (exact) mass is 413 g/mol. The molecule has 2 aromatic carbocycles. The SMILES string of the molecule is COc1ccc2c(c1)OCCc1c-2n(CCCCCBr)c2ccccc12. The van der Waals surface area contributed by atoms with Crippen LogP contribution in [0.5, 0.6) is 11.5 Å². The molecule has 0 bridgehead atoms. The van der Waals surface area contributed by atoms with E-state index in [1.165, 1.54) is 47.0 Å². The molecule has 1 aromatic heterocycles. The number of unbranched alkanes of at least 4 members (excludes halogenated alkanes) is 2. The first-order chi connectivity index (χ1) is 12.8. The minimum atomic E-state index is 0.699. The van der Waals surface area contributed by atoms with E-state index in [1.54, 1.807) is 7.11 Å². The number of benzene rings is 2. The third-order valence-corrected chi connectivity index (χ3v) is 5.71. The lowest BCUT2D eigenvalue weighted by atomic mass is 10.0. The summed E-state index contributed by atoms with van der Waals surface area (Å²) in [5.74, 6) is 1.76. The molecule has 0 unspecified atom stereocenters. The summed E-state index contributed by atoms with van der Waals surface area (Å²) in [6, 6.07) is 15.0. The molecule has 0 spiro atoms. The number of hydrogen-bond donors (Lipinski definition) is 0. The Morgan fingerprint density at radius 1 is 1.12 bits per heavy atom. The van der Waals surface area contributed by atoms with Gasteiger partial charge in [-0.25, -0.2) is 0 Å². The summed E-state index contributed by atoms with van der Waals surface area (Å²) in [7, 11) is 1.70. The quantitative estimate of drug-likeness (QED) is 0.375. The second kappa shape index (κ2) is 7.75. The van der Waals surface area contributed by atoms with Crippen LogP contribution in [0.1, 0.15) is 24.8 Å². The highest BCUT2D eigenvalue weighted by Crippen LogP contribution is 2.42. The lowest BCUT2D eigenvalue weighted by molar-refractivity contribution is 0.323. The van der Waals surface area contributed by atoms with Crippen LogP contribution in [-0.4, -0.2) is 23.6 Å². The number of methoxy groups -OCH3 is 1. The Morgan fingerprint density at radius 3 is 2.85 bits per heavy atom. The van der Waals surface area contributed by atoms with Gasteiger partial charge in [0.2, 0.25) is 0 Å². The predicted octanol–water partition coefficient (Wildman–Crippen LogP) is 5.82. The summed E-state index contributed by atoms with van der Waals surface area (Å²) < 4.78 is 14.0. The molecule has 3 nitrogen and oxygen atoms in total. The van der Waals surface area contributed by atoms with Gasteiger partial charge in [0.25, 0.3) is 0 Å². The van der Waals surface area contributed by atoms with Gasteiger partial charge in [0.15, 0.2) is 0 Å². The minimum absolute atomic E-state index is 0.699. The van der Waals surface area contributed by atoms with Crippen molar-refractivity contribution in [2.24, 2.45) is 0 Å². The highest BCUT2D eigenvalue weighted by atomic mass is 79.9. The van der Waals surface area contributed by atoms with Crippen molar-refractivity contribution in [2.75, 3.05) is 19.0 Å². The number of para-hydroxylation sites is 1. The van der Waals surface area contributed by atoms with Crippen LogP contribution < -0.4 is 9.47 Å². The maximum absolute atomic E-state index is 6.08. The van der Waals surface area contributed by atoms with Crippen molar-refractivity contribution in [2.45, 2.75) is 32.2 Å². The van der Waals surface area contributed by atoms with Crippen LogP contribution in [0.2, 0.25) is 0 Å². The summed E-state index contributed by atoms with van der Waals surface area (Å²) in [4.78, 5) is 0. The van der Waals surface area contributed by atoms with E-state index in [4.69, 9.17) is 9.47 Å². The molecule has 2 heterocycles. The van der Waals surface area contributed by atoms with Gasteiger partial charge >= 0.3 is 0 Å². The first kappa shape index (κ1) is 17.5. The molecule has 0 saturated carbocycles. The van der Waals surface area contributed by atoms with Crippen LogP contribution in [0, 0.1) is 0 Å². The second-order valence-electron chi connectivity index (χ2n) is 6.71. The minimum Gasteiger partial charge on any atom is -0.497 e. The number of halogens is 1. The van der Waals surface area contributed by atoms with Gasteiger partial charge in [-0.05, 0) is 36.6 Å². The molecule has 4 rings (SSSR count). The fourth-order valence-corrected chi connectivity index (χ4v) is 4.31. The summed E-state index contributed by atoms with van der Waals surface area (Å²) >= 11 is 3.54. The first-order valence-electron chi connectivity index (χ1n) is 9.30. The van der Waals surface area contributed by atoms with Crippen LogP contribution >= 0.6 is 15.9 Å². The van der Waals surface area contributed by atoms with Crippen molar-refractivity contribution in [1.29, 1.82) is 0 Å². The number of aryl methyl sites for hydroxylation is 1. The highest BCUT2D eigenvalue weighted by molar-refractivity contribution is 9.09. The number of fused-ring (bicyclic) bond motifs is 5. The number of hydrogen-bond acceptors (Lipinski definition) is 2. The average molecular weight is 414 g/mol. The molecule has 136 valence electrons. The second-order valence-corrected chi connectivity index (χ2v) is 7.50. The molecule has 0 aliphatic carbocycles. The van der Waals surface area contributed by atoms with Crippen molar-refractivity contribution in [3.05, 3.63) is 48.0 Å². The Labute approximate surface area is 163 Å². The zero-order valence-electron chi connectivity index (χ0n) is 15.1. The Balaban J connectivity index is 1.86. The lowest BCUT2D eigenvalue weighted by Crippen LogP contribution is -2.01. The van der Waals surface area contributed by atoms with Crippen LogP contribution in [-0.2, 0) is 13.0 Å². The van der Waals surface area contributed by atoms with Crippen molar-refractivity contribution in [3.8, 4) is 22.8 Å². The van der Waals surface area contributed by atoms with E-state index in [0.717, 1.165) is 29.8 Å². The maximum atomic E-state index is 6.08. The fourth-order valence-electron chi connectivity index (χ4n) is 3.92. The van der Waals surface area contributed by atoms with Crippen molar-refractivity contribution in [3.63, 3.8) is 0 Å². The Morgan fingerprint density at radius 2 is 2.00 bits per heavy atom. The molecule has 0 radical (unpaired) electrons. The molecule has 1 aliphatic heterocycles. The molecule has 4 heteroatoms. The maximum Gasteiger partial charge on any atom is 0.132 e. The Kier molecular flexibility index (Phi) is 5.21. The van der Waals surface area contributed by atoms with Crippen LogP contribution in [0.3, 0.4) is 0 Å². The van der Waals surface area contributed by atoms with E-state index in [2.05, 4.69) is 50.8 Å². The number of alkyl halides is 1. The third-order valence-electron chi connectivity index (χ3n) is 5.14. The van der Waals surface area contributed by atoms with Gasteiger partial charge in [-0.2, -0.15) is 0 Å². The van der Waals surface area contributed by atoms with Crippen LogP contribution in [0.25, 0.3) is 22.2 Å². The van der Waals surface area contributed by atoms with E-state index in [1.807, 2.05) is 12.1 Å². The average Bonchev–Trinajstić information content (AvgIpc) is 2.86. The molecule has 26 heavy (non-hydrogen) atoms. The van der Waals surface area contributed by atoms with Crippen molar-refractivity contribution >= 4 is 26.8 Å². The van der Waals surface area contributed by atoms with Crippen LogP contribution in [0.4, 0.5) is 0 Å². The first-order valence-corrected chi connectivity index (χ1v) is 10.4. The summed E-state index contributed by atoms with van der Waals surface area (Å²) in [5.41, 5.74) is 5.24. The number of nitrogens with zero attached hydrogens (tertiary/aromatic N) is 1. The molecule has 0 amide bonds. The number of rotatable bonds is 6. The van der Waals surface area contributed by atoms with E-state index in [0.29, 0.717) is 6.61 Å². The zero-order valence-corrected chi connectivity index (χ0v) is 16.7. The van der Waals surface area contributed by atoms with E-state index >= 15 is 0 Å².